The second kappa shape index (κ2) is 8.63. The average molecular weight is 421 g/mol. The molecule has 2 N–H and O–H groups in total. The number of nitrogens with zero attached hydrogens (tertiary/aromatic N) is 3. The Labute approximate surface area is 184 Å². The summed E-state index contributed by atoms with van der Waals surface area (Å²) in [5.74, 6) is 0.125. The number of anilines is 1. The zero-order chi connectivity index (χ0) is 22.1. The van der Waals surface area contributed by atoms with Crippen LogP contribution in [0.2, 0.25) is 0 Å². The first-order valence-corrected chi connectivity index (χ1v) is 11.0. The third-order valence-electron chi connectivity index (χ3n) is 6.36. The number of likely N-dealkylation sites (tertiary alicyclic amines) is 1. The van der Waals surface area contributed by atoms with Gasteiger partial charge in [-0.2, -0.15) is 0 Å². The zero-order valence-electron chi connectivity index (χ0n) is 18.9. The largest absolute Gasteiger partial charge is 0.508 e. The van der Waals surface area contributed by atoms with E-state index in [1.165, 1.54) is 19.3 Å². The number of rotatable bonds is 5. The fourth-order valence-electron chi connectivity index (χ4n) is 4.70. The molecule has 0 atom stereocenters. The van der Waals surface area contributed by atoms with Crippen molar-refractivity contribution in [3.05, 3.63) is 53.2 Å². The van der Waals surface area contributed by atoms with Gasteiger partial charge in [-0.1, -0.05) is 6.42 Å². The van der Waals surface area contributed by atoms with Crippen molar-refractivity contribution >= 4 is 22.5 Å². The van der Waals surface area contributed by atoms with Crippen LogP contribution >= 0.6 is 0 Å². The van der Waals surface area contributed by atoms with Crippen molar-refractivity contribution in [2.45, 2.75) is 32.7 Å². The molecule has 1 saturated heterocycles. The Hall–Kier alpha value is -2.99. The number of benzene rings is 2. The molecule has 0 aliphatic carbocycles. The minimum absolute atomic E-state index is 0.128. The normalized spacial score (nSPS) is 14.7. The number of carbonyl (C=O) groups excluding carboxylic acids is 1. The van der Waals surface area contributed by atoms with Crippen LogP contribution < -0.4 is 10.2 Å². The first kappa shape index (κ1) is 21.2. The highest BCUT2D eigenvalue weighted by Gasteiger charge is 2.25. The van der Waals surface area contributed by atoms with E-state index in [9.17, 15) is 9.90 Å². The van der Waals surface area contributed by atoms with Crippen molar-refractivity contribution in [3.8, 4) is 11.4 Å². The van der Waals surface area contributed by atoms with Crippen LogP contribution in [0.4, 0.5) is 5.69 Å². The number of piperidine rings is 1. The number of fused-ring (bicyclic) bond motifs is 1. The summed E-state index contributed by atoms with van der Waals surface area (Å²) in [7, 11) is 5.69. The highest BCUT2D eigenvalue weighted by atomic mass is 16.3. The lowest BCUT2D eigenvalue weighted by Crippen LogP contribution is -2.29. The fraction of sp³-hybridized carbons (Fsp3) is 0.400. The molecule has 1 aliphatic rings. The van der Waals surface area contributed by atoms with Crippen LogP contribution in [-0.4, -0.2) is 54.7 Å². The summed E-state index contributed by atoms with van der Waals surface area (Å²) in [6, 6.07) is 12.0. The first-order chi connectivity index (χ1) is 14.9. The molecule has 1 aliphatic heterocycles. The topological polar surface area (TPSA) is 60.7 Å². The number of hydrogen-bond donors (Lipinski definition) is 2. The predicted octanol–water partition coefficient (Wildman–Crippen LogP) is 4.06. The SMILES string of the molecule is CNC(=O)c1c(C)n(-c2ccc(N(C)C)cc2)c2ccc(O)c(CN3CCCCC3)c12. The predicted molar refractivity (Wildman–Crippen MR) is 127 cm³/mol. The van der Waals surface area contributed by atoms with Crippen LogP contribution in [-0.2, 0) is 6.54 Å². The van der Waals surface area contributed by atoms with E-state index in [0.717, 1.165) is 46.6 Å². The molecule has 1 amide bonds. The van der Waals surface area contributed by atoms with Gasteiger partial charge in [0, 0.05) is 55.7 Å². The Morgan fingerprint density at radius 2 is 1.74 bits per heavy atom. The van der Waals surface area contributed by atoms with Gasteiger partial charge in [0.1, 0.15) is 5.75 Å². The number of phenols is 1. The summed E-state index contributed by atoms with van der Waals surface area (Å²) in [5.41, 5.74) is 5.41. The lowest BCUT2D eigenvalue weighted by Gasteiger charge is -2.27. The minimum atomic E-state index is -0.128. The van der Waals surface area contributed by atoms with Crippen molar-refractivity contribution < 1.29 is 9.90 Å². The Morgan fingerprint density at radius 3 is 2.35 bits per heavy atom. The van der Waals surface area contributed by atoms with E-state index in [1.807, 2.05) is 27.1 Å². The molecule has 0 unspecified atom stereocenters. The third-order valence-corrected chi connectivity index (χ3v) is 6.36. The van der Waals surface area contributed by atoms with Crippen LogP contribution in [0, 0.1) is 6.92 Å². The van der Waals surface area contributed by atoms with E-state index < -0.39 is 0 Å². The molecule has 6 heteroatoms. The highest BCUT2D eigenvalue weighted by Crippen LogP contribution is 2.37. The summed E-state index contributed by atoms with van der Waals surface area (Å²) >= 11 is 0. The molecule has 2 heterocycles. The summed E-state index contributed by atoms with van der Waals surface area (Å²) in [5, 5.41) is 14.5. The monoisotopic (exact) mass is 420 g/mol. The summed E-state index contributed by atoms with van der Waals surface area (Å²) in [4.78, 5) is 17.4. The van der Waals surface area contributed by atoms with Gasteiger partial charge in [-0.25, -0.2) is 0 Å². The molecule has 0 radical (unpaired) electrons. The smallest absolute Gasteiger partial charge is 0.253 e. The number of aromatic hydroxyl groups is 1. The van der Waals surface area contributed by atoms with Gasteiger partial charge in [0.05, 0.1) is 11.1 Å². The van der Waals surface area contributed by atoms with Gasteiger partial charge < -0.3 is 19.9 Å². The van der Waals surface area contributed by atoms with E-state index in [1.54, 1.807) is 13.1 Å². The minimum Gasteiger partial charge on any atom is -0.508 e. The molecular weight excluding hydrogens is 388 g/mol. The van der Waals surface area contributed by atoms with Crippen molar-refractivity contribution in [2.75, 3.05) is 39.1 Å². The van der Waals surface area contributed by atoms with Gasteiger partial charge in [0.25, 0.3) is 5.91 Å². The number of carbonyl (C=O) groups is 1. The molecule has 1 aromatic heterocycles. The molecule has 164 valence electrons. The maximum atomic E-state index is 13.0. The van der Waals surface area contributed by atoms with Gasteiger partial charge in [0.15, 0.2) is 0 Å². The van der Waals surface area contributed by atoms with Crippen LogP contribution in [0.5, 0.6) is 5.75 Å². The highest BCUT2D eigenvalue weighted by molar-refractivity contribution is 6.10. The molecule has 0 saturated carbocycles. The molecule has 3 aromatic rings. The Kier molecular flexibility index (Phi) is 5.92. The van der Waals surface area contributed by atoms with Crippen LogP contribution in [0.1, 0.15) is 40.9 Å². The fourth-order valence-corrected chi connectivity index (χ4v) is 4.70. The van der Waals surface area contributed by atoms with Crippen molar-refractivity contribution in [2.24, 2.45) is 0 Å². The summed E-state index contributed by atoms with van der Waals surface area (Å²) in [6.45, 7) is 4.68. The molecule has 1 fully saturated rings. The van der Waals surface area contributed by atoms with Gasteiger partial charge in [0.2, 0.25) is 0 Å². The number of hydrogen-bond acceptors (Lipinski definition) is 4. The molecule has 0 bridgehead atoms. The third kappa shape index (κ3) is 3.88. The summed E-state index contributed by atoms with van der Waals surface area (Å²) in [6.07, 6.45) is 3.61. The standard InChI is InChI=1S/C25H32N4O2/c1-17-23(25(31)26-2)24-20(16-28-14-6-5-7-15-28)22(30)13-12-21(24)29(17)19-10-8-18(9-11-19)27(3)4/h8-13,30H,5-7,14-16H2,1-4H3,(H,26,31). The van der Waals surface area contributed by atoms with Crippen LogP contribution in [0.25, 0.3) is 16.6 Å². The second-order valence-corrected chi connectivity index (χ2v) is 8.58. The zero-order valence-corrected chi connectivity index (χ0v) is 18.9. The second-order valence-electron chi connectivity index (χ2n) is 8.58. The Balaban J connectivity index is 1.92. The molecule has 2 aromatic carbocycles. The Bertz CT molecular complexity index is 1090. The van der Waals surface area contributed by atoms with Crippen molar-refractivity contribution in [3.63, 3.8) is 0 Å². The number of amides is 1. The van der Waals surface area contributed by atoms with Crippen molar-refractivity contribution in [1.29, 1.82) is 0 Å². The quantitative estimate of drug-likeness (QED) is 0.654. The van der Waals surface area contributed by atoms with Crippen LogP contribution in [0.15, 0.2) is 36.4 Å². The average Bonchev–Trinajstić information content (AvgIpc) is 3.08. The Morgan fingerprint density at radius 1 is 1.06 bits per heavy atom. The molecule has 0 spiro atoms. The number of aromatic nitrogens is 1. The maximum absolute atomic E-state index is 13.0. The van der Waals surface area contributed by atoms with E-state index >= 15 is 0 Å². The van der Waals surface area contributed by atoms with Crippen LogP contribution in [0.3, 0.4) is 0 Å². The van der Waals surface area contributed by atoms with Gasteiger partial charge >= 0.3 is 0 Å². The van der Waals surface area contributed by atoms with E-state index in [0.29, 0.717) is 12.1 Å². The van der Waals surface area contributed by atoms with E-state index in [4.69, 9.17) is 0 Å². The van der Waals surface area contributed by atoms with E-state index in [-0.39, 0.29) is 11.7 Å². The maximum Gasteiger partial charge on any atom is 0.253 e. The molecule has 4 rings (SSSR count). The van der Waals surface area contributed by atoms with Gasteiger partial charge in [-0.15, -0.1) is 0 Å². The number of phenolic OH excluding ortho intramolecular Hbond substituents is 1. The van der Waals surface area contributed by atoms with E-state index in [2.05, 4.69) is 43.9 Å². The van der Waals surface area contributed by atoms with Crippen molar-refractivity contribution in [1.82, 2.24) is 14.8 Å². The molecule has 6 nitrogen and oxygen atoms in total. The first-order valence-electron chi connectivity index (χ1n) is 11.0. The lowest BCUT2D eigenvalue weighted by atomic mass is 10.0. The van der Waals surface area contributed by atoms with Gasteiger partial charge in [-0.3, -0.25) is 9.69 Å². The van der Waals surface area contributed by atoms with Gasteiger partial charge in [-0.05, 0) is 69.3 Å². The molecule has 31 heavy (non-hydrogen) atoms. The lowest BCUT2D eigenvalue weighted by molar-refractivity contribution is 0.0964. The summed E-state index contributed by atoms with van der Waals surface area (Å²) < 4.78 is 2.12. The molecular formula is C25H32N4O2. The number of nitrogens with one attached hydrogen (secondary N) is 1.